The van der Waals surface area contributed by atoms with Gasteiger partial charge in [0.05, 0.1) is 10.9 Å². The average molecular weight is 405 g/mol. The van der Waals surface area contributed by atoms with Crippen LogP contribution in [0.2, 0.25) is 4.34 Å². The standard InChI is InChI=1S/C19H17ClN2O4S/c1-2-22(10-13-7-8-16(20)27-13)17(23)11-26-19(25)15-9-12-5-3-4-6-14(12)18(24)21-15/h3-9H,2,10-11H2,1H3,(H,21,24). The molecule has 0 radical (unpaired) electrons. The lowest BCUT2D eigenvalue weighted by atomic mass is 10.1. The Hall–Kier alpha value is -2.64. The van der Waals surface area contributed by atoms with E-state index in [1.807, 2.05) is 13.0 Å². The first-order valence-electron chi connectivity index (χ1n) is 8.29. The van der Waals surface area contributed by atoms with E-state index in [1.165, 1.54) is 17.4 Å². The Morgan fingerprint density at radius 3 is 2.70 bits per heavy atom. The molecule has 8 heteroatoms. The van der Waals surface area contributed by atoms with Gasteiger partial charge in [0.25, 0.3) is 11.5 Å². The zero-order chi connectivity index (χ0) is 19.4. The molecule has 0 aliphatic rings. The molecule has 3 aromatic rings. The first-order valence-corrected chi connectivity index (χ1v) is 9.48. The van der Waals surface area contributed by atoms with Gasteiger partial charge in [-0.25, -0.2) is 4.79 Å². The summed E-state index contributed by atoms with van der Waals surface area (Å²) in [5, 5.41) is 1.11. The third kappa shape index (κ3) is 4.56. The zero-order valence-corrected chi connectivity index (χ0v) is 16.1. The lowest BCUT2D eigenvalue weighted by Gasteiger charge is -2.19. The Balaban J connectivity index is 1.65. The highest BCUT2D eigenvalue weighted by Crippen LogP contribution is 2.22. The maximum absolute atomic E-state index is 12.3. The van der Waals surface area contributed by atoms with E-state index in [0.29, 0.717) is 28.2 Å². The number of nitrogens with one attached hydrogen (secondary N) is 1. The highest BCUT2D eigenvalue weighted by Gasteiger charge is 2.17. The number of benzene rings is 1. The molecule has 0 aliphatic heterocycles. The van der Waals surface area contributed by atoms with Crippen LogP contribution in [-0.4, -0.2) is 34.9 Å². The Morgan fingerprint density at radius 2 is 2.00 bits per heavy atom. The van der Waals surface area contributed by atoms with Crippen molar-refractivity contribution in [3.05, 3.63) is 67.7 Å². The molecule has 1 aromatic carbocycles. The lowest BCUT2D eigenvalue weighted by molar-refractivity contribution is -0.134. The van der Waals surface area contributed by atoms with E-state index in [4.69, 9.17) is 16.3 Å². The third-order valence-corrected chi connectivity index (χ3v) is 5.23. The van der Waals surface area contributed by atoms with E-state index >= 15 is 0 Å². The van der Waals surface area contributed by atoms with Gasteiger partial charge in [-0.05, 0) is 36.6 Å². The van der Waals surface area contributed by atoms with E-state index in [1.54, 1.807) is 35.2 Å². The minimum absolute atomic E-state index is 0.0135. The number of pyridine rings is 1. The van der Waals surface area contributed by atoms with Crippen LogP contribution >= 0.6 is 22.9 Å². The van der Waals surface area contributed by atoms with Crippen molar-refractivity contribution in [2.24, 2.45) is 0 Å². The summed E-state index contributed by atoms with van der Waals surface area (Å²) in [6.45, 7) is 2.31. The number of amides is 1. The van der Waals surface area contributed by atoms with Gasteiger partial charge >= 0.3 is 5.97 Å². The lowest BCUT2D eigenvalue weighted by Crippen LogP contribution is -2.34. The third-order valence-electron chi connectivity index (χ3n) is 4.01. The summed E-state index contributed by atoms with van der Waals surface area (Å²) in [4.78, 5) is 41.6. The van der Waals surface area contributed by atoms with Crippen molar-refractivity contribution >= 4 is 45.6 Å². The SMILES string of the molecule is CCN(Cc1ccc(Cl)s1)C(=O)COC(=O)c1cc2ccccc2c(=O)[nH]1. The van der Waals surface area contributed by atoms with Gasteiger partial charge in [-0.3, -0.25) is 9.59 Å². The fourth-order valence-electron chi connectivity index (χ4n) is 2.62. The summed E-state index contributed by atoms with van der Waals surface area (Å²) in [6.07, 6.45) is 0. The Labute approximate surface area is 164 Å². The number of carbonyl (C=O) groups is 2. The molecule has 0 bridgehead atoms. The Morgan fingerprint density at radius 1 is 1.22 bits per heavy atom. The summed E-state index contributed by atoms with van der Waals surface area (Å²) in [5.74, 6) is -1.07. The summed E-state index contributed by atoms with van der Waals surface area (Å²) in [7, 11) is 0. The summed E-state index contributed by atoms with van der Waals surface area (Å²) in [5.41, 5.74) is -0.365. The number of hydrogen-bond acceptors (Lipinski definition) is 5. The van der Waals surface area contributed by atoms with Gasteiger partial charge in [0.15, 0.2) is 6.61 Å². The monoisotopic (exact) mass is 404 g/mol. The normalized spacial score (nSPS) is 10.7. The molecule has 0 spiro atoms. The van der Waals surface area contributed by atoms with E-state index in [-0.39, 0.29) is 17.2 Å². The second-order valence-electron chi connectivity index (χ2n) is 5.79. The van der Waals surface area contributed by atoms with Crippen LogP contribution in [0.3, 0.4) is 0 Å². The molecule has 2 heterocycles. The van der Waals surface area contributed by atoms with Crippen molar-refractivity contribution in [2.75, 3.05) is 13.2 Å². The molecule has 0 atom stereocenters. The van der Waals surface area contributed by atoms with Gasteiger partial charge in [0.1, 0.15) is 5.69 Å². The van der Waals surface area contributed by atoms with E-state index in [0.717, 1.165) is 4.88 Å². The van der Waals surface area contributed by atoms with E-state index < -0.39 is 12.6 Å². The number of halogens is 1. The Kier molecular flexibility index (Phi) is 5.93. The molecule has 3 rings (SSSR count). The minimum Gasteiger partial charge on any atom is -0.451 e. The highest BCUT2D eigenvalue weighted by molar-refractivity contribution is 7.16. The molecule has 0 unspecified atom stereocenters. The van der Waals surface area contributed by atoms with Crippen LogP contribution < -0.4 is 5.56 Å². The summed E-state index contributed by atoms with van der Waals surface area (Å²) >= 11 is 7.30. The summed E-state index contributed by atoms with van der Waals surface area (Å²) in [6, 6.07) is 12.1. The number of ether oxygens (including phenoxy) is 1. The molecule has 0 saturated carbocycles. The van der Waals surface area contributed by atoms with Gasteiger partial charge in [-0.15, -0.1) is 11.3 Å². The first kappa shape index (κ1) is 19.1. The zero-order valence-electron chi connectivity index (χ0n) is 14.5. The van der Waals surface area contributed by atoms with Crippen LogP contribution in [0.5, 0.6) is 0 Å². The maximum Gasteiger partial charge on any atom is 0.355 e. The van der Waals surface area contributed by atoms with Crippen molar-refractivity contribution in [1.82, 2.24) is 9.88 Å². The number of likely N-dealkylation sites (N-methyl/N-ethyl adjacent to an activating group) is 1. The number of aromatic amines is 1. The first-order chi connectivity index (χ1) is 13.0. The number of fused-ring (bicyclic) bond motifs is 1. The molecular weight excluding hydrogens is 388 g/mol. The molecule has 140 valence electrons. The van der Waals surface area contributed by atoms with Crippen molar-refractivity contribution in [1.29, 1.82) is 0 Å². The van der Waals surface area contributed by atoms with Crippen molar-refractivity contribution in [2.45, 2.75) is 13.5 Å². The molecule has 2 aromatic heterocycles. The number of H-pyrrole nitrogens is 1. The molecular formula is C19H17ClN2O4S. The number of carbonyl (C=O) groups excluding carboxylic acids is 2. The average Bonchev–Trinajstić information content (AvgIpc) is 3.08. The van der Waals surface area contributed by atoms with Gasteiger partial charge in [0, 0.05) is 16.8 Å². The molecule has 0 saturated heterocycles. The maximum atomic E-state index is 12.3. The largest absolute Gasteiger partial charge is 0.451 e. The predicted molar refractivity (Wildman–Crippen MR) is 105 cm³/mol. The van der Waals surface area contributed by atoms with E-state index in [9.17, 15) is 14.4 Å². The van der Waals surface area contributed by atoms with Crippen molar-refractivity contribution in [3.63, 3.8) is 0 Å². The number of rotatable bonds is 6. The second-order valence-corrected chi connectivity index (χ2v) is 7.59. The quantitative estimate of drug-likeness (QED) is 0.638. The van der Waals surface area contributed by atoms with Crippen LogP contribution in [0, 0.1) is 0 Å². The highest BCUT2D eigenvalue weighted by atomic mass is 35.5. The van der Waals surface area contributed by atoms with Gasteiger partial charge in [0.2, 0.25) is 0 Å². The Bertz CT molecular complexity index is 1040. The topological polar surface area (TPSA) is 79.5 Å². The predicted octanol–water partition coefficient (Wildman–Crippen LogP) is 3.45. The van der Waals surface area contributed by atoms with Crippen LogP contribution in [-0.2, 0) is 16.1 Å². The molecule has 1 N–H and O–H groups in total. The van der Waals surface area contributed by atoms with Crippen LogP contribution in [0.25, 0.3) is 10.8 Å². The van der Waals surface area contributed by atoms with Crippen molar-refractivity contribution in [3.8, 4) is 0 Å². The minimum atomic E-state index is -0.749. The molecule has 6 nitrogen and oxygen atoms in total. The summed E-state index contributed by atoms with van der Waals surface area (Å²) < 4.78 is 5.75. The van der Waals surface area contributed by atoms with Gasteiger partial charge < -0.3 is 14.6 Å². The van der Waals surface area contributed by atoms with Crippen LogP contribution in [0.15, 0.2) is 47.3 Å². The number of nitrogens with zero attached hydrogens (tertiary/aromatic N) is 1. The number of hydrogen-bond donors (Lipinski definition) is 1. The molecule has 0 fully saturated rings. The van der Waals surface area contributed by atoms with E-state index in [2.05, 4.69) is 4.98 Å². The fraction of sp³-hybridized carbons (Fsp3) is 0.211. The van der Waals surface area contributed by atoms with Gasteiger partial charge in [-0.2, -0.15) is 0 Å². The number of aromatic nitrogens is 1. The van der Waals surface area contributed by atoms with Crippen molar-refractivity contribution < 1.29 is 14.3 Å². The second kappa shape index (κ2) is 8.37. The number of esters is 1. The molecule has 0 aliphatic carbocycles. The van der Waals surface area contributed by atoms with Gasteiger partial charge in [-0.1, -0.05) is 29.8 Å². The molecule has 1 amide bonds. The van der Waals surface area contributed by atoms with Crippen LogP contribution in [0.1, 0.15) is 22.3 Å². The fourth-order valence-corrected chi connectivity index (χ4v) is 3.72. The number of thiophene rings is 1. The molecule has 27 heavy (non-hydrogen) atoms. The smallest absolute Gasteiger partial charge is 0.355 e. The van der Waals surface area contributed by atoms with Crippen LogP contribution in [0.4, 0.5) is 0 Å².